The molecule has 1 saturated heterocycles. The second-order valence-corrected chi connectivity index (χ2v) is 9.02. The zero-order chi connectivity index (χ0) is 20.3. The summed E-state index contributed by atoms with van der Waals surface area (Å²) in [6.45, 7) is 11.0. The highest BCUT2D eigenvalue weighted by Gasteiger charge is 2.23. The number of halogens is 1. The summed E-state index contributed by atoms with van der Waals surface area (Å²) in [7, 11) is 0. The summed E-state index contributed by atoms with van der Waals surface area (Å²) in [6, 6.07) is 8.12. The Morgan fingerprint density at radius 3 is 2.86 bits per heavy atom. The zero-order valence-electron chi connectivity index (χ0n) is 17.2. The van der Waals surface area contributed by atoms with Crippen LogP contribution in [0.2, 0.25) is 5.02 Å². The maximum atomic E-state index is 11.9. The lowest BCUT2D eigenvalue weighted by Crippen LogP contribution is -2.42. The van der Waals surface area contributed by atoms with Gasteiger partial charge in [-0.3, -0.25) is 4.90 Å². The van der Waals surface area contributed by atoms with Gasteiger partial charge in [0.2, 0.25) is 0 Å². The highest BCUT2D eigenvalue weighted by atomic mass is 35.5. The van der Waals surface area contributed by atoms with Crippen LogP contribution in [0.4, 0.5) is 4.79 Å². The SMILES string of the molecule is Cc1c(Cl)c(CN2CCCC(CNC(=O)OC(C)(C)C)C2)nc2ccccc12. The molecule has 0 radical (unpaired) electrons. The zero-order valence-corrected chi connectivity index (χ0v) is 18.0. The molecule has 2 heterocycles. The van der Waals surface area contributed by atoms with Gasteiger partial charge in [0.25, 0.3) is 0 Å². The molecule has 0 aliphatic carbocycles. The van der Waals surface area contributed by atoms with Crippen molar-refractivity contribution in [2.45, 2.75) is 52.7 Å². The van der Waals surface area contributed by atoms with Crippen LogP contribution >= 0.6 is 11.6 Å². The van der Waals surface area contributed by atoms with Gasteiger partial charge in [-0.15, -0.1) is 0 Å². The molecule has 1 N–H and O–H groups in total. The van der Waals surface area contributed by atoms with Gasteiger partial charge in [0.05, 0.1) is 16.2 Å². The Labute approximate surface area is 172 Å². The maximum Gasteiger partial charge on any atom is 0.407 e. The first-order valence-corrected chi connectivity index (χ1v) is 10.3. The topological polar surface area (TPSA) is 54.5 Å². The predicted octanol–water partition coefficient (Wildman–Crippen LogP) is 4.93. The van der Waals surface area contributed by atoms with Crippen LogP contribution in [-0.4, -0.2) is 41.2 Å². The molecule has 152 valence electrons. The first-order chi connectivity index (χ1) is 13.2. The number of piperidine rings is 1. The van der Waals surface area contributed by atoms with E-state index in [0.29, 0.717) is 12.5 Å². The molecule has 2 aromatic rings. The third-order valence-corrected chi connectivity index (χ3v) is 5.56. The van der Waals surface area contributed by atoms with E-state index in [1.54, 1.807) is 0 Å². The van der Waals surface area contributed by atoms with Crippen molar-refractivity contribution in [1.82, 2.24) is 15.2 Å². The van der Waals surface area contributed by atoms with Crippen molar-refractivity contribution in [1.29, 1.82) is 0 Å². The number of ether oxygens (including phenoxy) is 1. The van der Waals surface area contributed by atoms with Crippen molar-refractivity contribution in [3.8, 4) is 0 Å². The Bertz CT molecular complexity index is 848. The minimum absolute atomic E-state index is 0.348. The first kappa shape index (κ1) is 20.9. The number of nitrogens with one attached hydrogen (secondary N) is 1. The quantitative estimate of drug-likeness (QED) is 0.786. The van der Waals surface area contributed by atoms with Gasteiger partial charge in [0.15, 0.2) is 0 Å². The number of nitrogens with zero attached hydrogens (tertiary/aromatic N) is 2. The Kier molecular flexibility index (Phi) is 6.46. The fourth-order valence-corrected chi connectivity index (χ4v) is 3.94. The fraction of sp³-hybridized carbons (Fsp3) is 0.545. The van der Waals surface area contributed by atoms with Crippen LogP contribution in [0.25, 0.3) is 10.9 Å². The van der Waals surface area contributed by atoms with E-state index >= 15 is 0 Å². The van der Waals surface area contributed by atoms with Crippen molar-refractivity contribution in [3.05, 3.63) is 40.5 Å². The summed E-state index contributed by atoms with van der Waals surface area (Å²) >= 11 is 6.63. The minimum atomic E-state index is -0.473. The predicted molar refractivity (Wildman–Crippen MR) is 114 cm³/mol. The molecule has 1 atom stereocenters. The van der Waals surface area contributed by atoms with Gasteiger partial charge in [-0.1, -0.05) is 29.8 Å². The summed E-state index contributed by atoms with van der Waals surface area (Å²) in [5.41, 5.74) is 2.53. The molecular weight excluding hydrogens is 374 g/mol. The molecule has 1 amide bonds. The number of fused-ring (bicyclic) bond motifs is 1. The molecule has 1 fully saturated rings. The van der Waals surface area contributed by atoms with Crippen LogP contribution in [0.15, 0.2) is 24.3 Å². The Hall–Kier alpha value is -1.85. The van der Waals surface area contributed by atoms with Crippen LogP contribution < -0.4 is 5.32 Å². The molecule has 1 aliphatic rings. The molecule has 1 unspecified atom stereocenters. The van der Waals surface area contributed by atoms with E-state index in [-0.39, 0.29) is 6.09 Å². The van der Waals surface area contributed by atoms with Crippen LogP contribution in [0, 0.1) is 12.8 Å². The second kappa shape index (κ2) is 8.66. The van der Waals surface area contributed by atoms with Crippen molar-refractivity contribution < 1.29 is 9.53 Å². The number of pyridine rings is 1. The third kappa shape index (κ3) is 5.36. The molecule has 3 rings (SSSR count). The molecule has 6 heteroatoms. The lowest BCUT2D eigenvalue weighted by Gasteiger charge is -2.33. The van der Waals surface area contributed by atoms with Crippen molar-refractivity contribution in [3.63, 3.8) is 0 Å². The summed E-state index contributed by atoms with van der Waals surface area (Å²) in [5, 5.41) is 4.77. The molecule has 1 aliphatic heterocycles. The number of aryl methyl sites for hydroxylation is 1. The number of amides is 1. The average molecular weight is 404 g/mol. The van der Waals surface area contributed by atoms with E-state index in [1.165, 1.54) is 0 Å². The van der Waals surface area contributed by atoms with Crippen LogP contribution in [0.1, 0.15) is 44.9 Å². The molecule has 0 spiro atoms. The Morgan fingerprint density at radius 2 is 2.11 bits per heavy atom. The fourth-order valence-electron chi connectivity index (χ4n) is 3.74. The van der Waals surface area contributed by atoms with Gasteiger partial charge in [0.1, 0.15) is 5.60 Å². The maximum absolute atomic E-state index is 11.9. The molecule has 28 heavy (non-hydrogen) atoms. The van der Waals surface area contributed by atoms with E-state index in [4.69, 9.17) is 21.3 Å². The molecule has 0 saturated carbocycles. The lowest BCUT2D eigenvalue weighted by atomic mass is 9.97. The van der Waals surface area contributed by atoms with E-state index in [1.807, 2.05) is 39.0 Å². The van der Waals surface area contributed by atoms with Crippen LogP contribution in [-0.2, 0) is 11.3 Å². The van der Waals surface area contributed by atoms with Gasteiger partial charge in [-0.2, -0.15) is 0 Å². The second-order valence-electron chi connectivity index (χ2n) is 8.64. The molecule has 0 bridgehead atoms. The van der Waals surface area contributed by atoms with E-state index in [2.05, 4.69) is 23.2 Å². The van der Waals surface area contributed by atoms with Gasteiger partial charge in [0, 0.05) is 25.0 Å². The number of alkyl carbamates (subject to hydrolysis) is 1. The number of benzene rings is 1. The molecule has 1 aromatic carbocycles. The molecule has 1 aromatic heterocycles. The monoisotopic (exact) mass is 403 g/mol. The van der Waals surface area contributed by atoms with Gasteiger partial charge < -0.3 is 10.1 Å². The first-order valence-electron chi connectivity index (χ1n) is 9.96. The largest absolute Gasteiger partial charge is 0.444 e. The number of likely N-dealkylation sites (tertiary alicyclic amines) is 1. The van der Waals surface area contributed by atoms with Crippen LogP contribution in [0.5, 0.6) is 0 Å². The number of carbonyl (C=O) groups is 1. The van der Waals surface area contributed by atoms with Gasteiger partial charge >= 0.3 is 6.09 Å². The van der Waals surface area contributed by atoms with Crippen molar-refractivity contribution >= 4 is 28.6 Å². The lowest BCUT2D eigenvalue weighted by molar-refractivity contribution is 0.0506. The van der Waals surface area contributed by atoms with Crippen LogP contribution in [0.3, 0.4) is 0 Å². The van der Waals surface area contributed by atoms with E-state index in [0.717, 1.165) is 59.7 Å². The standard InChI is InChI=1S/C22H30ClN3O2/c1-15-17-9-5-6-10-18(17)25-19(20(15)23)14-26-11-7-8-16(13-26)12-24-21(27)28-22(2,3)4/h5-6,9-10,16H,7-8,11-14H2,1-4H3,(H,24,27). The number of aromatic nitrogens is 1. The van der Waals surface area contributed by atoms with Crippen molar-refractivity contribution in [2.75, 3.05) is 19.6 Å². The smallest absolute Gasteiger partial charge is 0.407 e. The highest BCUT2D eigenvalue weighted by molar-refractivity contribution is 6.32. The number of carbonyl (C=O) groups excluding carboxylic acids is 1. The van der Waals surface area contributed by atoms with E-state index < -0.39 is 5.60 Å². The van der Waals surface area contributed by atoms with E-state index in [9.17, 15) is 4.79 Å². The Morgan fingerprint density at radius 1 is 1.36 bits per heavy atom. The summed E-state index contributed by atoms with van der Waals surface area (Å²) in [4.78, 5) is 19.1. The highest BCUT2D eigenvalue weighted by Crippen LogP contribution is 2.28. The van der Waals surface area contributed by atoms with Crippen molar-refractivity contribution in [2.24, 2.45) is 5.92 Å². The molecular formula is C22H30ClN3O2. The minimum Gasteiger partial charge on any atom is -0.444 e. The average Bonchev–Trinajstić information content (AvgIpc) is 2.63. The summed E-state index contributed by atoms with van der Waals surface area (Å²) in [6.07, 6.45) is 1.86. The number of hydrogen-bond donors (Lipinski definition) is 1. The molecule has 5 nitrogen and oxygen atoms in total. The van der Waals surface area contributed by atoms with Gasteiger partial charge in [-0.25, -0.2) is 9.78 Å². The number of rotatable bonds is 4. The summed E-state index contributed by atoms with van der Waals surface area (Å²) < 4.78 is 5.33. The van der Waals surface area contributed by atoms with Gasteiger partial charge in [-0.05, 0) is 64.6 Å². The normalized spacial score (nSPS) is 18.2. The summed E-state index contributed by atoms with van der Waals surface area (Å²) in [5.74, 6) is 0.404. The number of hydrogen-bond acceptors (Lipinski definition) is 4. The Balaban J connectivity index is 1.62. The number of para-hydroxylation sites is 1. The third-order valence-electron chi connectivity index (χ3n) is 5.06.